The largest absolute Gasteiger partial charge is 0.493 e. The Labute approximate surface area is 139 Å². The summed E-state index contributed by atoms with van der Waals surface area (Å²) in [6, 6.07) is 3.07. The van der Waals surface area contributed by atoms with E-state index in [1.807, 2.05) is 13.8 Å². The van der Waals surface area contributed by atoms with E-state index in [4.69, 9.17) is 14.2 Å². The van der Waals surface area contributed by atoms with E-state index in [1.165, 1.54) is 24.6 Å². The Morgan fingerprint density at radius 2 is 1.64 bits per heavy atom. The zero-order chi connectivity index (χ0) is 16.5. The number of morpholine rings is 1. The number of rotatable bonds is 4. The van der Waals surface area contributed by atoms with Crippen LogP contribution in [0.15, 0.2) is 21.5 Å². The molecule has 0 radical (unpaired) electrons. The summed E-state index contributed by atoms with van der Waals surface area (Å²) < 4.78 is 43.7. The molecule has 0 spiro atoms. The minimum atomic E-state index is -3.65. The summed E-state index contributed by atoms with van der Waals surface area (Å²) in [5, 5.41) is 0. The van der Waals surface area contributed by atoms with Gasteiger partial charge in [0.2, 0.25) is 10.0 Å². The second kappa shape index (κ2) is 6.74. The predicted octanol–water partition coefficient (Wildman–Crippen LogP) is 2.26. The molecule has 1 aliphatic rings. The van der Waals surface area contributed by atoms with E-state index in [0.29, 0.717) is 29.1 Å². The lowest BCUT2D eigenvalue weighted by Crippen LogP contribution is -2.48. The number of nitrogens with zero attached hydrogens (tertiary/aromatic N) is 1. The van der Waals surface area contributed by atoms with Crippen molar-refractivity contribution < 1.29 is 22.6 Å². The fourth-order valence-corrected chi connectivity index (χ4v) is 5.09. The van der Waals surface area contributed by atoms with Gasteiger partial charge in [-0.3, -0.25) is 0 Å². The van der Waals surface area contributed by atoms with E-state index >= 15 is 0 Å². The minimum Gasteiger partial charge on any atom is -0.493 e. The first-order valence-electron chi connectivity index (χ1n) is 6.86. The first-order chi connectivity index (χ1) is 10.3. The third-order valence-electron chi connectivity index (χ3n) is 3.44. The van der Waals surface area contributed by atoms with Crippen molar-refractivity contribution in [2.75, 3.05) is 27.3 Å². The predicted molar refractivity (Wildman–Crippen MR) is 86.0 cm³/mol. The second-order valence-electron chi connectivity index (χ2n) is 5.22. The smallest absolute Gasteiger partial charge is 0.244 e. The summed E-state index contributed by atoms with van der Waals surface area (Å²) in [7, 11) is -0.668. The van der Waals surface area contributed by atoms with Gasteiger partial charge in [-0.1, -0.05) is 0 Å². The highest BCUT2D eigenvalue weighted by Crippen LogP contribution is 2.37. The maximum absolute atomic E-state index is 12.9. The van der Waals surface area contributed by atoms with Gasteiger partial charge in [0.05, 0.1) is 26.4 Å². The van der Waals surface area contributed by atoms with Crippen molar-refractivity contribution >= 4 is 26.0 Å². The third kappa shape index (κ3) is 3.40. The van der Waals surface area contributed by atoms with Crippen LogP contribution < -0.4 is 9.47 Å². The van der Waals surface area contributed by atoms with E-state index in [9.17, 15) is 8.42 Å². The number of methoxy groups -OCH3 is 2. The van der Waals surface area contributed by atoms with Crippen molar-refractivity contribution in [3.05, 3.63) is 16.6 Å². The molecule has 1 heterocycles. The van der Waals surface area contributed by atoms with E-state index in [0.717, 1.165) is 0 Å². The topological polar surface area (TPSA) is 65.1 Å². The summed E-state index contributed by atoms with van der Waals surface area (Å²) in [5.74, 6) is 0.843. The SMILES string of the molecule is COc1cc(Br)c(S(=O)(=O)N2C[C@H](C)O[C@@H](C)C2)cc1OC. The Kier molecular flexibility index (Phi) is 5.37. The zero-order valence-corrected chi connectivity index (χ0v) is 15.4. The van der Waals surface area contributed by atoms with Gasteiger partial charge in [0, 0.05) is 23.6 Å². The fourth-order valence-electron chi connectivity index (χ4n) is 2.50. The average molecular weight is 394 g/mol. The molecule has 0 aliphatic carbocycles. The van der Waals surface area contributed by atoms with Crippen LogP contribution in [0.2, 0.25) is 0 Å². The van der Waals surface area contributed by atoms with Gasteiger partial charge in [0.1, 0.15) is 4.90 Å². The van der Waals surface area contributed by atoms with Crippen LogP contribution in [-0.2, 0) is 14.8 Å². The maximum Gasteiger partial charge on any atom is 0.244 e. The summed E-state index contributed by atoms with van der Waals surface area (Å²) >= 11 is 3.31. The van der Waals surface area contributed by atoms with Gasteiger partial charge in [-0.05, 0) is 35.8 Å². The molecule has 22 heavy (non-hydrogen) atoms. The molecule has 0 saturated carbocycles. The number of hydrogen-bond donors (Lipinski definition) is 0. The molecule has 0 N–H and O–H groups in total. The quantitative estimate of drug-likeness (QED) is 0.784. The molecule has 0 amide bonds. The molecular weight excluding hydrogens is 374 g/mol. The Hall–Kier alpha value is -0.830. The van der Waals surface area contributed by atoms with E-state index < -0.39 is 10.0 Å². The van der Waals surface area contributed by atoms with Gasteiger partial charge in [-0.2, -0.15) is 4.31 Å². The van der Waals surface area contributed by atoms with Crippen molar-refractivity contribution in [3.63, 3.8) is 0 Å². The van der Waals surface area contributed by atoms with Gasteiger partial charge < -0.3 is 14.2 Å². The highest BCUT2D eigenvalue weighted by Gasteiger charge is 2.34. The molecule has 0 bridgehead atoms. The number of benzene rings is 1. The standard InChI is InChI=1S/C14H20BrNO5S/c1-9-7-16(8-10(2)21-9)22(17,18)14-6-13(20-4)12(19-3)5-11(14)15/h5-6,9-10H,7-8H2,1-4H3/t9-,10-/m0/s1. The molecular formula is C14H20BrNO5S. The summed E-state index contributed by atoms with van der Waals surface area (Å²) in [4.78, 5) is 0.159. The number of sulfonamides is 1. The number of hydrogen-bond acceptors (Lipinski definition) is 5. The van der Waals surface area contributed by atoms with Crippen molar-refractivity contribution in [2.24, 2.45) is 0 Å². The Balaban J connectivity index is 2.45. The van der Waals surface area contributed by atoms with Gasteiger partial charge in [0.15, 0.2) is 11.5 Å². The molecule has 1 aromatic rings. The molecule has 124 valence electrons. The molecule has 1 saturated heterocycles. The van der Waals surface area contributed by atoms with Crippen LogP contribution in [-0.4, -0.2) is 52.2 Å². The lowest BCUT2D eigenvalue weighted by molar-refractivity contribution is -0.0441. The van der Waals surface area contributed by atoms with Crippen LogP contribution in [0.3, 0.4) is 0 Å². The molecule has 2 atom stereocenters. The van der Waals surface area contributed by atoms with Gasteiger partial charge in [-0.25, -0.2) is 8.42 Å². The molecule has 8 heteroatoms. The zero-order valence-electron chi connectivity index (χ0n) is 13.0. The van der Waals surface area contributed by atoms with Gasteiger partial charge >= 0.3 is 0 Å². The van der Waals surface area contributed by atoms with Crippen molar-refractivity contribution in [2.45, 2.75) is 31.0 Å². The summed E-state index contributed by atoms with van der Waals surface area (Å²) in [6.07, 6.45) is -0.283. The van der Waals surface area contributed by atoms with Gasteiger partial charge in [0.25, 0.3) is 0 Å². The second-order valence-corrected chi connectivity index (χ2v) is 7.98. The van der Waals surface area contributed by atoms with Crippen molar-refractivity contribution in [1.82, 2.24) is 4.31 Å². The lowest BCUT2D eigenvalue weighted by Gasteiger charge is -2.34. The highest BCUT2D eigenvalue weighted by atomic mass is 79.9. The number of ether oxygens (including phenoxy) is 3. The molecule has 0 aromatic heterocycles. The Bertz CT molecular complexity index is 639. The van der Waals surface area contributed by atoms with Crippen LogP contribution in [0.4, 0.5) is 0 Å². The average Bonchev–Trinajstić information content (AvgIpc) is 2.45. The number of halogens is 1. The Morgan fingerprint density at radius 1 is 1.14 bits per heavy atom. The van der Waals surface area contributed by atoms with Crippen molar-refractivity contribution in [3.8, 4) is 11.5 Å². The van der Waals surface area contributed by atoms with Crippen LogP contribution in [0.1, 0.15) is 13.8 Å². The summed E-state index contributed by atoms with van der Waals surface area (Å²) in [6.45, 7) is 4.38. The highest BCUT2D eigenvalue weighted by molar-refractivity contribution is 9.10. The van der Waals surface area contributed by atoms with E-state index in [-0.39, 0.29) is 17.1 Å². The van der Waals surface area contributed by atoms with Crippen LogP contribution in [0, 0.1) is 0 Å². The van der Waals surface area contributed by atoms with E-state index in [2.05, 4.69) is 15.9 Å². The fraction of sp³-hybridized carbons (Fsp3) is 0.571. The first-order valence-corrected chi connectivity index (χ1v) is 9.10. The monoisotopic (exact) mass is 393 g/mol. The van der Waals surface area contributed by atoms with Crippen LogP contribution in [0.25, 0.3) is 0 Å². The van der Waals surface area contributed by atoms with Crippen molar-refractivity contribution in [1.29, 1.82) is 0 Å². The van der Waals surface area contributed by atoms with Crippen LogP contribution in [0.5, 0.6) is 11.5 Å². The normalized spacial score (nSPS) is 23.3. The molecule has 6 nitrogen and oxygen atoms in total. The molecule has 0 unspecified atom stereocenters. The first kappa shape index (κ1) is 17.5. The summed E-state index contributed by atoms with van der Waals surface area (Å²) in [5.41, 5.74) is 0. The maximum atomic E-state index is 12.9. The minimum absolute atomic E-state index is 0.141. The van der Waals surface area contributed by atoms with Gasteiger partial charge in [-0.15, -0.1) is 0 Å². The molecule has 2 rings (SSSR count). The third-order valence-corrected chi connectivity index (χ3v) is 6.23. The van der Waals surface area contributed by atoms with Crippen LogP contribution >= 0.6 is 15.9 Å². The lowest BCUT2D eigenvalue weighted by atomic mass is 10.3. The molecule has 1 fully saturated rings. The Morgan fingerprint density at radius 3 is 2.14 bits per heavy atom. The van der Waals surface area contributed by atoms with E-state index in [1.54, 1.807) is 6.07 Å². The molecule has 1 aromatic carbocycles. The molecule has 1 aliphatic heterocycles.